The molecule has 1 fully saturated rings. The lowest BCUT2D eigenvalue weighted by Gasteiger charge is -2.15. The summed E-state index contributed by atoms with van der Waals surface area (Å²) in [6, 6.07) is 8.44. The number of halogens is 1. The zero-order chi connectivity index (χ0) is 24.1. The van der Waals surface area contributed by atoms with Crippen LogP contribution in [-0.4, -0.2) is 52.1 Å². The number of rotatable bonds is 9. The van der Waals surface area contributed by atoms with Crippen LogP contribution < -0.4 is 14.8 Å². The first-order valence-corrected chi connectivity index (χ1v) is 10.0. The Hall–Kier alpha value is -4.05. The smallest absolute Gasteiger partial charge is 0.335 e. The third-order valence-corrected chi connectivity index (χ3v) is 4.74. The first-order valence-electron chi connectivity index (χ1n) is 9.67. The summed E-state index contributed by atoms with van der Waals surface area (Å²) in [6.45, 7) is 1.30. The van der Waals surface area contributed by atoms with Gasteiger partial charge in [-0.05, 0) is 48.4 Å². The van der Waals surface area contributed by atoms with E-state index in [2.05, 4.69) is 5.32 Å². The van der Waals surface area contributed by atoms with Crippen LogP contribution in [0.1, 0.15) is 28.4 Å². The predicted octanol–water partition coefficient (Wildman–Crippen LogP) is 2.99. The number of carboxylic acids is 2. The molecule has 1 aliphatic heterocycles. The molecule has 1 heterocycles. The van der Waals surface area contributed by atoms with Crippen molar-refractivity contribution in [2.24, 2.45) is 0 Å². The molecule has 10 nitrogen and oxygen atoms in total. The summed E-state index contributed by atoms with van der Waals surface area (Å²) in [5, 5.41) is 20.5. The van der Waals surface area contributed by atoms with Gasteiger partial charge in [0.25, 0.3) is 5.91 Å². The third-order valence-electron chi connectivity index (χ3n) is 4.46. The summed E-state index contributed by atoms with van der Waals surface area (Å²) in [6.07, 6.45) is 1.34. The monoisotopic (exact) mass is 474 g/mol. The number of hydrogen-bond donors (Lipinski definition) is 3. The van der Waals surface area contributed by atoms with Crippen LogP contribution in [0.15, 0.2) is 42.1 Å². The van der Waals surface area contributed by atoms with Crippen LogP contribution in [0.25, 0.3) is 6.08 Å². The van der Waals surface area contributed by atoms with Gasteiger partial charge in [-0.15, -0.1) is 0 Å². The van der Waals surface area contributed by atoms with Crippen molar-refractivity contribution in [3.8, 4) is 11.5 Å². The van der Waals surface area contributed by atoms with E-state index in [-0.39, 0.29) is 41.0 Å². The molecule has 0 atom stereocenters. The number of carbonyl (C=O) groups excluding carboxylic acids is 2. The molecule has 0 aliphatic carbocycles. The second kappa shape index (κ2) is 10.0. The highest BCUT2D eigenvalue weighted by molar-refractivity contribution is 6.32. The molecule has 172 valence electrons. The van der Waals surface area contributed by atoms with Gasteiger partial charge in [-0.25, -0.2) is 14.5 Å². The third kappa shape index (κ3) is 5.60. The standard InChI is InChI=1S/C22H19ClN2O8/c1-2-32-17-9-13(8-16-20(28)25(10-18(26)27)22(31)24-16)7-15(23)19(17)33-11-12-4-3-5-14(6-12)21(29)30/h3-9H,2,10-11H2,1H3,(H,24,31)(H,26,27)(H,29,30)/b16-8+. The minimum absolute atomic E-state index is 0.0278. The number of imide groups is 1. The molecule has 3 N–H and O–H groups in total. The molecule has 0 bridgehead atoms. The topological polar surface area (TPSA) is 142 Å². The van der Waals surface area contributed by atoms with E-state index < -0.39 is 30.4 Å². The fraction of sp³-hybridized carbons (Fsp3) is 0.182. The summed E-state index contributed by atoms with van der Waals surface area (Å²) in [5.74, 6) is -2.68. The van der Waals surface area contributed by atoms with Gasteiger partial charge >= 0.3 is 18.0 Å². The second-order valence-corrected chi connectivity index (χ2v) is 7.24. The van der Waals surface area contributed by atoms with Crippen molar-refractivity contribution in [2.75, 3.05) is 13.2 Å². The van der Waals surface area contributed by atoms with Crippen LogP contribution in [0.2, 0.25) is 5.02 Å². The van der Waals surface area contributed by atoms with E-state index >= 15 is 0 Å². The average molecular weight is 475 g/mol. The Morgan fingerprint density at radius 2 is 1.91 bits per heavy atom. The number of nitrogens with one attached hydrogen (secondary N) is 1. The van der Waals surface area contributed by atoms with Crippen LogP contribution >= 0.6 is 11.6 Å². The molecule has 1 aliphatic rings. The molecule has 0 radical (unpaired) electrons. The quantitative estimate of drug-likeness (QED) is 0.372. The number of nitrogens with zero attached hydrogens (tertiary/aromatic N) is 1. The largest absolute Gasteiger partial charge is 0.490 e. The molecule has 11 heteroatoms. The molecule has 1 saturated heterocycles. The van der Waals surface area contributed by atoms with Crippen molar-refractivity contribution < 1.29 is 38.9 Å². The lowest BCUT2D eigenvalue weighted by molar-refractivity contribution is -0.140. The van der Waals surface area contributed by atoms with Crippen LogP contribution in [0, 0.1) is 0 Å². The van der Waals surface area contributed by atoms with E-state index in [0.717, 1.165) is 0 Å². The molecular weight excluding hydrogens is 456 g/mol. The van der Waals surface area contributed by atoms with Crippen molar-refractivity contribution in [3.63, 3.8) is 0 Å². The van der Waals surface area contributed by atoms with Gasteiger partial charge in [-0.2, -0.15) is 0 Å². The first kappa shape index (κ1) is 23.6. The molecule has 0 aromatic heterocycles. The maximum absolute atomic E-state index is 12.3. The minimum atomic E-state index is -1.32. The van der Waals surface area contributed by atoms with Crippen LogP contribution in [0.4, 0.5) is 4.79 Å². The number of carboxylic acid groups (broad SMARTS) is 2. The molecule has 0 unspecified atom stereocenters. The predicted molar refractivity (Wildman–Crippen MR) is 116 cm³/mol. The van der Waals surface area contributed by atoms with E-state index in [0.29, 0.717) is 16.0 Å². The van der Waals surface area contributed by atoms with Gasteiger partial charge in [0.05, 0.1) is 17.2 Å². The first-order chi connectivity index (χ1) is 15.7. The SMILES string of the molecule is CCOc1cc(/C=C2/NC(=O)N(CC(=O)O)C2=O)cc(Cl)c1OCc1cccc(C(=O)O)c1. The molecule has 3 amide bonds. The van der Waals surface area contributed by atoms with Crippen molar-refractivity contribution in [1.82, 2.24) is 10.2 Å². The maximum Gasteiger partial charge on any atom is 0.335 e. The summed E-state index contributed by atoms with van der Waals surface area (Å²) in [5.41, 5.74) is 1.02. The second-order valence-electron chi connectivity index (χ2n) is 6.83. The van der Waals surface area contributed by atoms with E-state index in [4.69, 9.17) is 31.3 Å². The van der Waals surface area contributed by atoms with Gasteiger partial charge < -0.3 is 25.0 Å². The van der Waals surface area contributed by atoms with Crippen molar-refractivity contribution in [2.45, 2.75) is 13.5 Å². The highest BCUT2D eigenvalue weighted by Crippen LogP contribution is 2.38. The molecule has 2 aromatic carbocycles. The lowest BCUT2D eigenvalue weighted by atomic mass is 10.1. The van der Waals surface area contributed by atoms with Gasteiger partial charge in [0.15, 0.2) is 11.5 Å². The summed E-state index contributed by atoms with van der Waals surface area (Å²) in [7, 11) is 0. The van der Waals surface area contributed by atoms with E-state index in [1.54, 1.807) is 25.1 Å². The molecule has 3 rings (SSSR count). The van der Waals surface area contributed by atoms with Crippen LogP contribution in [-0.2, 0) is 16.2 Å². The fourth-order valence-corrected chi connectivity index (χ4v) is 3.31. The zero-order valence-electron chi connectivity index (χ0n) is 17.3. The van der Waals surface area contributed by atoms with E-state index in [9.17, 15) is 19.2 Å². The number of carbonyl (C=O) groups is 4. The Balaban J connectivity index is 1.85. The van der Waals surface area contributed by atoms with Crippen LogP contribution in [0.5, 0.6) is 11.5 Å². The minimum Gasteiger partial charge on any atom is -0.490 e. The molecule has 0 saturated carbocycles. The van der Waals surface area contributed by atoms with Gasteiger partial charge in [0.1, 0.15) is 18.8 Å². The number of amides is 3. The van der Waals surface area contributed by atoms with E-state index in [1.165, 1.54) is 24.3 Å². The Morgan fingerprint density at radius 3 is 2.58 bits per heavy atom. The maximum atomic E-state index is 12.3. The van der Waals surface area contributed by atoms with Gasteiger partial charge in [-0.1, -0.05) is 23.7 Å². The van der Waals surface area contributed by atoms with Crippen molar-refractivity contribution in [1.29, 1.82) is 0 Å². The Labute approximate surface area is 193 Å². The molecule has 0 spiro atoms. The van der Waals surface area contributed by atoms with Gasteiger partial charge in [0, 0.05) is 0 Å². The Kier molecular flexibility index (Phi) is 7.19. The number of hydrogen-bond acceptors (Lipinski definition) is 6. The number of ether oxygens (including phenoxy) is 2. The fourth-order valence-electron chi connectivity index (χ4n) is 3.04. The van der Waals surface area contributed by atoms with Crippen molar-refractivity contribution >= 4 is 41.6 Å². The van der Waals surface area contributed by atoms with Crippen molar-refractivity contribution in [3.05, 3.63) is 63.8 Å². The zero-order valence-corrected chi connectivity index (χ0v) is 18.1. The summed E-state index contributed by atoms with van der Waals surface area (Å²) < 4.78 is 11.4. The molecule has 33 heavy (non-hydrogen) atoms. The average Bonchev–Trinajstić information content (AvgIpc) is 3.00. The highest BCUT2D eigenvalue weighted by atomic mass is 35.5. The summed E-state index contributed by atoms with van der Waals surface area (Å²) >= 11 is 6.38. The number of aromatic carboxylic acids is 1. The van der Waals surface area contributed by atoms with Gasteiger partial charge in [-0.3, -0.25) is 9.59 Å². The van der Waals surface area contributed by atoms with Crippen LogP contribution in [0.3, 0.4) is 0 Å². The highest BCUT2D eigenvalue weighted by Gasteiger charge is 2.35. The normalized spacial score (nSPS) is 14.4. The molecular formula is C22H19ClN2O8. The Morgan fingerprint density at radius 1 is 1.15 bits per heavy atom. The Bertz CT molecular complexity index is 1160. The van der Waals surface area contributed by atoms with Gasteiger partial charge in [0.2, 0.25) is 0 Å². The molecule has 2 aromatic rings. The van der Waals surface area contributed by atoms with E-state index in [1.807, 2.05) is 0 Å². The lowest BCUT2D eigenvalue weighted by Crippen LogP contribution is -2.35. The number of aliphatic carboxylic acids is 1. The number of urea groups is 1. The number of benzene rings is 2. The summed E-state index contributed by atoms with van der Waals surface area (Å²) in [4.78, 5) is 46.8.